The number of nitrogens with one attached hydrogen (secondary N) is 1. The second kappa shape index (κ2) is 5.59. The number of aromatic amines is 1. The largest absolute Gasteiger partial charge is 0.377 e. The summed E-state index contributed by atoms with van der Waals surface area (Å²) in [5.41, 5.74) is 5.75. The Labute approximate surface area is 115 Å². The lowest BCUT2D eigenvalue weighted by atomic mass is 10.1. The monoisotopic (exact) mass is 278 g/mol. The van der Waals surface area contributed by atoms with Gasteiger partial charge in [0.25, 0.3) is 0 Å². The molecule has 1 fully saturated rings. The highest BCUT2D eigenvalue weighted by atomic mass is 16.5. The second-order valence-corrected chi connectivity index (χ2v) is 4.85. The lowest BCUT2D eigenvalue weighted by molar-refractivity contribution is 0.0421. The Morgan fingerprint density at radius 2 is 2.25 bits per heavy atom. The molecule has 0 radical (unpaired) electrons. The number of piperidine rings is 1. The first kappa shape index (κ1) is 13.1. The molecular weight excluding hydrogens is 260 g/mol. The molecule has 0 bridgehead atoms. The molecular formula is C12H18N6O2. The Morgan fingerprint density at radius 1 is 1.45 bits per heavy atom. The van der Waals surface area contributed by atoms with E-state index < -0.39 is 0 Å². The van der Waals surface area contributed by atoms with Gasteiger partial charge in [-0.2, -0.15) is 5.10 Å². The molecule has 0 amide bonds. The van der Waals surface area contributed by atoms with Crippen LogP contribution >= 0.6 is 0 Å². The van der Waals surface area contributed by atoms with Gasteiger partial charge in [-0.25, -0.2) is 19.3 Å². The third-order valence-corrected chi connectivity index (χ3v) is 3.53. The lowest BCUT2D eigenvalue weighted by Crippen LogP contribution is -2.38. The van der Waals surface area contributed by atoms with Gasteiger partial charge in [0.2, 0.25) is 0 Å². The van der Waals surface area contributed by atoms with E-state index in [0.29, 0.717) is 18.8 Å². The Hall–Kier alpha value is -1.93. The maximum absolute atomic E-state index is 11.4. The molecule has 0 saturated carbocycles. The van der Waals surface area contributed by atoms with Gasteiger partial charge in [0.05, 0.1) is 12.7 Å². The summed E-state index contributed by atoms with van der Waals surface area (Å²) in [6.07, 6.45) is 3.71. The van der Waals surface area contributed by atoms with Crippen LogP contribution in [-0.2, 0) is 4.74 Å². The fourth-order valence-electron chi connectivity index (χ4n) is 2.46. The molecule has 0 atom stereocenters. The van der Waals surface area contributed by atoms with Gasteiger partial charge in [-0.3, -0.25) is 0 Å². The zero-order chi connectivity index (χ0) is 13.9. The number of nitrogens with two attached hydrogens (primary N) is 1. The molecule has 0 spiro atoms. The van der Waals surface area contributed by atoms with Crippen LogP contribution in [0.3, 0.4) is 0 Å². The third kappa shape index (κ3) is 2.52. The van der Waals surface area contributed by atoms with Crippen molar-refractivity contribution in [3.63, 3.8) is 0 Å². The highest BCUT2D eigenvalue weighted by Crippen LogP contribution is 2.19. The molecule has 0 aromatic carbocycles. The topological polar surface area (TPSA) is 102 Å². The number of ether oxygens (including phenoxy) is 1. The van der Waals surface area contributed by atoms with Crippen LogP contribution < -0.4 is 16.3 Å². The molecule has 3 rings (SSSR count). The average molecular weight is 278 g/mol. The molecule has 0 unspecified atom stereocenters. The maximum atomic E-state index is 11.4. The molecule has 1 saturated heterocycles. The summed E-state index contributed by atoms with van der Waals surface area (Å²) in [4.78, 5) is 17.9. The number of rotatable bonds is 4. The lowest BCUT2D eigenvalue weighted by Gasteiger charge is -2.32. The summed E-state index contributed by atoms with van der Waals surface area (Å²) in [6, 6.07) is 1.82. The number of H-pyrrole nitrogens is 1. The molecule has 8 nitrogen and oxygen atoms in total. The normalized spacial score (nSPS) is 16.9. The highest BCUT2D eigenvalue weighted by Gasteiger charge is 2.20. The zero-order valence-electron chi connectivity index (χ0n) is 11.2. The predicted molar refractivity (Wildman–Crippen MR) is 73.8 cm³/mol. The van der Waals surface area contributed by atoms with E-state index in [0.717, 1.165) is 31.7 Å². The molecule has 108 valence electrons. The fraction of sp³-hybridized carbons (Fsp3) is 0.583. The molecule has 2 aromatic rings. The Morgan fingerprint density at radius 3 is 3.00 bits per heavy atom. The molecule has 8 heteroatoms. The second-order valence-electron chi connectivity index (χ2n) is 4.85. The van der Waals surface area contributed by atoms with Gasteiger partial charge in [-0.1, -0.05) is 0 Å². The summed E-state index contributed by atoms with van der Waals surface area (Å²) in [6.45, 7) is 2.94. The van der Waals surface area contributed by atoms with Crippen LogP contribution in [0.4, 0.5) is 5.82 Å². The van der Waals surface area contributed by atoms with Crippen molar-refractivity contribution in [1.29, 1.82) is 0 Å². The van der Waals surface area contributed by atoms with E-state index in [2.05, 4.69) is 20.1 Å². The Balaban J connectivity index is 1.68. The number of nitrogens with zero attached hydrogens (tertiary/aromatic N) is 4. The van der Waals surface area contributed by atoms with Crippen molar-refractivity contribution in [2.24, 2.45) is 5.73 Å². The summed E-state index contributed by atoms with van der Waals surface area (Å²) in [5, 5.41) is 6.35. The van der Waals surface area contributed by atoms with Gasteiger partial charge in [0.15, 0.2) is 5.65 Å². The van der Waals surface area contributed by atoms with E-state index >= 15 is 0 Å². The summed E-state index contributed by atoms with van der Waals surface area (Å²) >= 11 is 0. The summed E-state index contributed by atoms with van der Waals surface area (Å²) in [7, 11) is 0. The SMILES string of the molecule is NCCOC1CCN(c2cc3n[nH]c(=O)n3cn2)CC1. The molecule has 2 aromatic heterocycles. The van der Waals surface area contributed by atoms with Crippen molar-refractivity contribution >= 4 is 11.5 Å². The molecule has 1 aliphatic rings. The van der Waals surface area contributed by atoms with Gasteiger partial charge in [0.1, 0.15) is 12.1 Å². The Kier molecular flexibility index (Phi) is 3.66. The van der Waals surface area contributed by atoms with E-state index in [1.807, 2.05) is 6.07 Å². The number of fused-ring (bicyclic) bond motifs is 1. The zero-order valence-corrected chi connectivity index (χ0v) is 11.2. The van der Waals surface area contributed by atoms with Gasteiger partial charge in [-0.05, 0) is 12.8 Å². The van der Waals surface area contributed by atoms with Crippen molar-refractivity contribution < 1.29 is 4.74 Å². The van der Waals surface area contributed by atoms with Crippen LogP contribution in [0.5, 0.6) is 0 Å². The first-order valence-electron chi connectivity index (χ1n) is 6.77. The molecule has 3 heterocycles. The van der Waals surface area contributed by atoms with Crippen LogP contribution in [0.2, 0.25) is 0 Å². The van der Waals surface area contributed by atoms with Crippen molar-refractivity contribution in [2.75, 3.05) is 31.1 Å². The molecule has 3 N–H and O–H groups in total. The third-order valence-electron chi connectivity index (χ3n) is 3.53. The van der Waals surface area contributed by atoms with Crippen molar-refractivity contribution in [3.8, 4) is 0 Å². The molecule has 1 aliphatic heterocycles. The Bertz CT molecular complexity index is 628. The number of anilines is 1. The summed E-state index contributed by atoms with van der Waals surface area (Å²) in [5.74, 6) is 0.841. The molecule has 20 heavy (non-hydrogen) atoms. The van der Waals surface area contributed by atoms with Crippen LogP contribution in [0, 0.1) is 0 Å². The van der Waals surface area contributed by atoms with Gasteiger partial charge < -0.3 is 15.4 Å². The van der Waals surface area contributed by atoms with Crippen LogP contribution in [0.25, 0.3) is 5.65 Å². The van der Waals surface area contributed by atoms with Crippen molar-refractivity contribution in [1.82, 2.24) is 19.6 Å². The molecule has 0 aliphatic carbocycles. The number of aromatic nitrogens is 4. The van der Waals surface area contributed by atoms with Gasteiger partial charge in [0, 0.05) is 25.7 Å². The fourth-order valence-corrected chi connectivity index (χ4v) is 2.46. The summed E-state index contributed by atoms with van der Waals surface area (Å²) < 4.78 is 7.04. The van der Waals surface area contributed by atoms with Crippen molar-refractivity contribution in [3.05, 3.63) is 22.9 Å². The average Bonchev–Trinajstić information content (AvgIpc) is 2.86. The van der Waals surface area contributed by atoms with E-state index in [9.17, 15) is 4.79 Å². The highest BCUT2D eigenvalue weighted by molar-refractivity contribution is 5.50. The minimum atomic E-state index is -0.270. The first-order chi connectivity index (χ1) is 9.78. The number of hydrogen-bond donors (Lipinski definition) is 2. The van der Waals surface area contributed by atoms with Crippen LogP contribution in [0.15, 0.2) is 17.2 Å². The van der Waals surface area contributed by atoms with Crippen LogP contribution in [-0.4, -0.2) is 51.9 Å². The van der Waals surface area contributed by atoms with E-state index in [1.54, 1.807) is 0 Å². The van der Waals surface area contributed by atoms with Crippen molar-refractivity contribution in [2.45, 2.75) is 18.9 Å². The first-order valence-corrected chi connectivity index (χ1v) is 6.77. The maximum Gasteiger partial charge on any atom is 0.348 e. The van der Waals surface area contributed by atoms with Gasteiger partial charge >= 0.3 is 5.69 Å². The van der Waals surface area contributed by atoms with E-state index in [4.69, 9.17) is 10.5 Å². The smallest absolute Gasteiger partial charge is 0.348 e. The van der Waals surface area contributed by atoms with Crippen LogP contribution in [0.1, 0.15) is 12.8 Å². The predicted octanol–water partition coefficient (Wildman–Crippen LogP) is -0.638. The van der Waals surface area contributed by atoms with E-state index in [-0.39, 0.29) is 11.8 Å². The minimum absolute atomic E-state index is 0.270. The van der Waals surface area contributed by atoms with Gasteiger partial charge in [-0.15, -0.1) is 0 Å². The quantitative estimate of drug-likeness (QED) is 0.771. The standard InChI is InChI=1S/C12H18N6O2/c13-3-6-20-9-1-4-17(5-2-9)10-7-11-15-16-12(19)18(11)8-14-10/h7-9H,1-6,13H2,(H,16,19). The number of hydrogen-bond acceptors (Lipinski definition) is 6. The minimum Gasteiger partial charge on any atom is -0.377 e. The van der Waals surface area contributed by atoms with E-state index in [1.165, 1.54) is 10.7 Å².